The first kappa shape index (κ1) is 17.5. The van der Waals surface area contributed by atoms with Gasteiger partial charge in [-0.3, -0.25) is 9.69 Å². The summed E-state index contributed by atoms with van der Waals surface area (Å²) in [6, 6.07) is 17.3. The van der Waals surface area contributed by atoms with Gasteiger partial charge in [-0.25, -0.2) is 0 Å². The van der Waals surface area contributed by atoms with Crippen molar-refractivity contribution in [3.63, 3.8) is 0 Å². The highest BCUT2D eigenvalue weighted by molar-refractivity contribution is 5.79. The molecular formula is C20H24N2O3. The molecule has 0 saturated carbocycles. The Kier molecular flexibility index (Phi) is 6.04. The van der Waals surface area contributed by atoms with Gasteiger partial charge in [0.2, 0.25) is 5.91 Å². The van der Waals surface area contributed by atoms with Gasteiger partial charge in [-0.2, -0.15) is 0 Å². The van der Waals surface area contributed by atoms with Gasteiger partial charge < -0.3 is 15.2 Å². The van der Waals surface area contributed by atoms with Crippen molar-refractivity contribution in [2.45, 2.75) is 19.1 Å². The fraction of sp³-hybridized carbons (Fsp3) is 0.350. The van der Waals surface area contributed by atoms with Gasteiger partial charge in [0.15, 0.2) is 0 Å². The summed E-state index contributed by atoms with van der Waals surface area (Å²) < 4.78 is 5.76. The quantitative estimate of drug-likeness (QED) is 0.844. The van der Waals surface area contributed by atoms with Crippen molar-refractivity contribution in [1.82, 2.24) is 10.2 Å². The van der Waals surface area contributed by atoms with E-state index in [1.165, 1.54) is 5.56 Å². The van der Waals surface area contributed by atoms with E-state index in [0.29, 0.717) is 18.7 Å². The Morgan fingerprint density at radius 1 is 1.16 bits per heavy atom. The summed E-state index contributed by atoms with van der Waals surface area (Å²) in [6.45, 7) is 3.75. The molecule has 5 heteroatoms. The molecule has 3 rings (SSSR count). The van der Waals surface area contributed by atoms with Crippen LogP contribution in [0.5, 0.6) is 5.75 Å². The molecule has 2 aromatic carbocycles. The molecule has 1 fully saturated rings. The van der Waals surface area contributed by atoms with Crippen LogP contribution in [0.1, 0.15) is 11.1 Å². The predicted octanol–water partition coefficient (Wildman–Crippen LogP) is 1.95. The second-order valence-electron chi connectivity index (χ2n) is 6.32. The second kappa shape index (κ2) is 8.65. The zero-order valence-electron chi connectivity index (χ0n) is 14.2. The lowest BCUT2D eigenvalue weighted by Gasteiger charge is -2.33. The molecule has 132 valence electrons. The first-order chi connectivity index (χ1) is 12.2. The fourth-order valence-electron chi connectivity index (χ4n) is 3.01. The average molecular weight is 340 g/mol. The Balaban J connectivity index is 1.45. The minimum Gasteiger partial charge on any atom is -0.508 e. The van der Waals surface area contributed by atoms with Crippen LogP contribution in [-0.2, 0) is 22.5 Å². The second-order valence-corrected chi connectivity index (χ2v) is 6.32. The Hall–Kier alpha value is -2.37. The lowest BCUT2D eigenvalue weighted by atomic mass is 10.1. The van der Waals surface area contributed by atoms with E-state index < -0.39 is 0 Å². The van der Waals surface area contributed by atoms with Crippen LogP contribution < -0.4 is 5.32 Å². The van der Waals surface area contributed by atoms with E-state index in [1.807, 2.05) is 24.3 Å². The molecule has 1 amide bonds. The summed E-state index contributed by atoms with van der Waals surface area (Å²) in [6.07, 6.45) is 0.165. The predicted molar refractivity (Wildman–Crippen MR) is 96.3 cm³/mol. The van der Waals surface area contributed by atoms with Crippen molar-refractivity contribution >= 4 is 5.91 Å². The lowest BCUT2D eigenvalue weighted by molar-refractivity contribution is -0.121. The summed E-state index contributed by atoms with van der Waals surface area (Å²) in [4.78, 5) is 14.4. The molecule has 0 spiro atoms. The molecule has 1 heterocycles. The third-order valence-electron chi connectivity index (χ3n) is 4.34. The summed E-state index contributed by atoms with van der Waals surface area (Å²) in [5.74, 6) is 0.0471. The zero-order chi connectivity index (χ0) is 17.5. The Morgan fingerprint density at radius 3 is 2.72 bits per heavy atom. The largest absolute Gasteiger partial charge is 0.508 e. The molecule has 5 nitrogen and oxygen atoms in total. The van der Waals surface area contributed by atoms with Crippen molar-refractivity contribution in [2.75, 3.05) is 26.2 Å². The van der Waals surface area contributed by atoms with E-state index in [-0.39, 0.29) is 24.2 Å². The number of morpholine rings is 1. The number of ether oxygens (including phenoxy) is 1. The molecule has 25 heavy (non-hydrogen) atoms. The molecular weight excluding hydrogens is 316 g/mol. The van der Waals surface area contributed by atoms with E-state index in [9.17, 15) is 9.90 Å². The third kappa shape index (κ3) is 5.31. The summed E-state index contributed by atoms with van der Waals surface area (Å²) in [7, 11) is 0. The molecule has 1 aliphatic heterocycles. The van der Waals surface area contributed by atoms with Crippen molar-refractivity contribution in [3.05, 3.63) is 65.7 Å². The van der Waals surface area contributed by atoms with Crippen LogP contribution in [0.4, 0.5) is 0 Å². The van der Waals surface area contributed by atoms with Gasteiger partial charge in [0, 0.05) is 31.7 Å². The highest BCUT2D eigenvalue weighted by atomic mass is 16.5. The number of amides is 1. The van der Waals surface area contributed by atoms with Crippen molar-refractivity contribution in [3.8, 4) is 5.75 Å². The first-order valence-corrected chi connectivity index (χ1v) is 8.62. The van der Waals surface area contributed by atoms with Crippen LogP contribution in [0.25, 0.3) is 0 Å². The van der Waals surface area contributed by atoms with Crippen LogP contribution in [0.2, 0.25) is 0 Å². The molecule has 1 saturated heterocycles. The standard InChI is InChI=1S/C20H24N2O3/c23-19-9-5-4-8-17(19)12-20(24)21-13-18-15-22(10-11-25-18)14-16-6-2-1-3-7-16/h1-9,18,23H,10-15H2,(H,21,24). The topological polar surface area (TPSA) is 61.8 Å². The first-order valence-electron chi connectivity index (χ1n) is 8.62. The number of para-hydroxylation sites is 1. The van der Waals surface area contributed by atoms with Crippen LogP contribution in [0.15, 0.2) is 54.6 Å². The number of nitrogens with one attached hydrogen (secondary N) is 1. The zero-order valence-corrected chi connectivity index (χ0v) is 14.2. The highest BCUT2D eigenvalue weighted by Crippen LogP contribution is 2.16. The van der Waals surface area contributed by atoms with Gasteiger partial charge in [0.25, 0.3) is 0 Å². The molecule has 0 bridgehead atoms. The van der Waals surface area contributed by atoms with E-state index in [2.05, 4.69) is 22.3 Å². The van der Waals surface area contributed by atoms with Crippen molar-refractivity contribution in [1.29, 1.82) is 0 Å². The molecule has 1 atom stereocenters. The number of nitrogens with zero attached hydrogens (tertiary/aromatic N) is 1. The third-order valence-corrected chi connectivity index (χ3v) is 4.34. The maximum Gasteiger partial charge on any atom is 0.224 e. The number of phenols is 1. The number of rotatable bonds is 6. The molecule has 1 aliphatic rings. The van der Waals surface area contributed by atoms with Crippen molar-refractivity contribution < 1.29 is 14.6 Å². The van der Waals surface area contributed by atoms with Crippen LogP contribution in [0, 0.1) is 0 Å². The van der Waals surface area contributed by atoms with Crippen LogP contribution >= 0.6 is 0 Å². The smallest absolute Gasteiger partial charge is 0.224 e. The fourth-order valence-corrected chi connectivity index (χ4v) is 3.01. The summed E-state index contributed by atoms with van der Waals surface area (Å²) in [5.41, 5.74) is 1.92. The van der Waals surface area contributed by atoms with Gasteiger partial charge in [-0.05, 0) is 11.6 Å². The molecule has 0 aromatic heterocycles. The molecule has 2 aromatic rings. The summed E-state index contributed by atoms with van der Waals surface area (Å²) in [5, 5.41) is 12.7. The SMILES string of the molecule is O=C(Cc1ccccc1O)NCC1CN(Cc2ccccc2)CCO1. The van der Waals surface area contributed by atoms with E-state index in [4.69, 9.17) is 4.74 Å². The molecule has 0 aliphatic carbocycles. The van der Waals surface area contributed by atoms with E-state index >= 15 is 0 Å². The van der Waals surface area contributed by atoms with Gasteiger partial charge in [0.05, 0.1) is 19.1 Å². The van der Waals surface area contributed by atoms with Crippen molar-refractivity contribution in [2.24, 2.45) is 0 Å². The lowest BCUT2D eigenvalue weighted by Crippen LogP contribution is -2.47. The van der Waals surface area contributed by atoms with Gasteiger partial charge in [-0.15, -0.1) is 0 Å². The average Bonchev–Trinajstić information content (AvgIpc) is 2.63. The minimum atomic E-state index is -0.106. The Morgan fingerprint density at radius 2 is 1.92 bits per heavy atom. The van der Waals surface area contributed by atoms with E-state index in [0.717, 1.165) is 19.6 Å². The van der Waals surface area contributed by atoms with E-state index in [1.54, 1.807) is 18.2 Å². The number of aromatic hydroxyl groups is 1. The highest BCUT2D eigenvalue weighted by Gasteiger charge is 2.21. The number of benzene rings is 2. The van der Waals surface area contributed by atoms with Crippen LogP contribution in [0.3, 0.4) is 0 Å². The van der Waals surface area contributed by atoms with Gasteiger partial charge >= 0.3 is 0 Å². The molecule has 0 radical (unpaired) electrons. The minimum absolute atomic E-state index is 0.00853. The normalized spacial score (nSPS) is 18.0. The van der Waals surface area contributed by atoms with Gasteiger partial charge in [0.1, 0.15) is 5.75 Å². The number of hydrogen-bond acceptors (Lipinski definition) is 4. The number of phenolic OH excluding ortho intramolecular Hbond substituents is 1. The maximum absolute atomic E-state index is 12.1. The summed E-state index contributed by atoms with van der Waals surface area (Å²) >= 11 is 0. The van der Waals surface area contributed by atoms with Gasteiger partial charge in [-0.1, -0.05) is 48.5 Å². The molecule has 1 unspecified atom stereocenters. The number of carbonyl (C=O) groups excluding carboxylic acids is 1. The number of hydrogen-bond donors (Lipinski definition) is 2. The maximum atomic E-state index is 12.1. The Labute approximate surface area is 148 Å². The Bertz CT molecular complexity index is 690. The monoisotopic (exact) mass is 340 g/mol. The van der Waals surface area contributed by atoms with Crippen LogP contribution in [-0.4, -0.2) is 48.3 Å². The number of carbonyl (C=O) groups is 1. The molecule has 2 N–H and O–H groups in total.